The number of nitrogens with one attached hydrogen (secondary N) is 2. The third-order valence-corrected chi connectivity index (χ3v) is 2.66. The van der Waals surface area contributed by atoms with Crippen LogP contribution in [0.15, 0.2) is 0 Å². The van der Waals surface area contributed by atoms with Crippen LogP contribution in [-0.4, -0.2) is 42.4 Å². The maximum absolute atomic E-state index is 11.9. The van der Waals surface area contributed by atoms with Crippen molar-refractivity contribution < 1.29 is 23.1 Å². The van der Waals surface area contributed by atoms with Gasteiger partial charge >= 0.3 is 6.18 Å². The van der Waals surface area contributed by atoms with Gasteiger partial charge in [-0.25, -0.2) is 0 Å². The smallest absolute Gasteiger partial charge is 0.382 e. The molecule has 1 fully saturated rings. The molecule has 0 aliphatic carbocycles. The van der Waals surface area contributed by atoms with Crippen molar-refractivity contribution in [2.75, 3.05) is 13.1 Å². The predicted octanol–water partition coefficient (Wildman–Crippen LogP) is 0.0238. The molecule has 4 nitrogen and oxygen atoms in total. The molecule has 0 radical (unpaired) electrons. The van der Waals surface area contributed by atoms with Crippen LogP contribution >= 0.6 is 0 Å². The number of amides is 1. The van der Waals surface area contributed by atoms with E-state index in [1.807, 2.05) is 6.92 Å². The number of hydrogen-bond donors (Lipinski definition) is 3. The molecule has 1 rings (SSSR count). The summed E-state index contributed by atoms with van der Waals surface area (Å²) in [5.74, 6) is -0.392. The molecule has 0 aromatic carbocycles. The second kappa shape index (κ2) is 5.01. The zero-order chi connectivity index (χ0) is 12.3. The van der Waals surface area contributed by atoms with E-state index in [9.17, 15) is 18.0 Å². The van der Waals surface area contributed by atoms with Crippen molar-refractivity contribution in [2.45, 2.75) is 31.7 Å². The van der Waals surface area contributed by atoms with Gasteiger partial charge in [-0.3, -0.25) is 4.79 Å². The first-order valence-electron chi connectivity index (χ1n) is 5.08. The summed E-state index contributed by atoms with van der Waals surface area (Å²) in [6.45, 7) is 1.73. The normalized spacial score (nSPS) is 27.8. The van der Waals surface area contributed by atoms with E-state index in [0.717, 1.165) is 6.42 Å². The van der Waals surface area contributed by atoms with Crippen LogP contribution in [0, 0.1) is 5.92 Å². The monoisotopic (exact) mass is 240 g/mol. The van der Waals surface area contributed by atoms with Crippen LogP contribution in [0.2, 0.25) is 0 Å². The van der Waals surface area contributed by atoms with E-state index < -0.39 is 30.8 Å². The number of rotatable bonds is 3. The lowest BCUT2D eigenvalue weighted by Gasteiger charge is -2.18. The van der Waals surface area contributed by atoms with Crippen molar-refractivity contribution in [3.63, 3.8) is 0 Å². The number of carbonyl (C=O) groups is 1. The minimum Gasteiger partial charge on any atom is -0.382 e. The topological polar surface area (TPSA) is 61.4 Å². The summed E-state index contributed by atoms with van der Waals surface area (Å²) in [6.07, 6.45) is -6.38. The summed E-state index contributed by atoms with van der Waals surface area (Å²) in [4.78, 5) is 11.4. The minimum atomic E-state index is -4.69. The highest BCUT2D eigenvalue weighted by molar-refractivity contribution is 5.82. The lowest BCUT2D eigenvalue weighted by Crippen LogP contribution is -2.48. The Hall–Kier alpha value is -0.820. The molecule has 1 aliphatic rings. The van der Waals surface area contributed by atoms with Crippen molar-refractivity contribution in [3.05, 3.63) is 0 Å². The van der Waals surface area contributed by atoms with Gasteiger partial charge < -0.3 is 15.7 Å². The molecule has 3 atom stereocenters. The van der Waals surface area contributed by atoms with Crippen LogP contribution in [0.25, 0.3) is 0 Å². The van der Waals surface area contributed by atoms with Gasteiger partial charge in [-0.1, -0.05) is 6.92 Å². The third kappa shape index (κ3) is 3.34. The Morgan fingerprint density at radius 1 is 1.62 bits per heavy atom. The van der Waals surface area contributed by atoms with Crippen molar-refractivity contribution in [1.82, 2.24) is 10.6 Å². The molecule has 0 aromatic rings. The van der Waals surface area contributed by atoms with Crippen LogP contribution in [0.3, 0.4) is 0 Å². The van der Waals surface area contributed by atoms with Gasteiger partial charge in [-0.2, -0.15) is 13.2 Å². The van der Waals surface area contributed by atoms with Crippen molar-refractivity contribution in [1.29, 1.82) is 0 Å². The largest absolute Gasteiger partial charge is 0.416 e. The Balaban J connectivity index is 2.35. The maximum atomic E-state index is 11.9. The van der Waals surface area contributed by atoms with Crippen LogP contribution < -0.4 is 10.6 Å². The van der Waals surface area contributed by atoms with Gasteiger partial charge in [-0.05, 0) is 18.9 Å². The van der Waals surface area contributed by atoms with Gasteiger partial charge in [0.25, 0.3) is 0 Å². The fraction of sp³-hybridized carbons (Fsp3) is 0.889. The fourth-order valence-corrected chi connectivity index (χ4v) is 1.61. The Morgan fingerprint density at radius 2 is 2.25 bits per heavy atom. The number of carbonyl (C=O) groups excluding carboxylic acids is 1. The average molecular weight is 240 g/mol. The molecule has 16 heavy (non-hydrogen) atoms. The molecule has 1 saturated heterocycles. The number of halogens is 3. The molecule has 0 spiro atoms. The van der Waals surface area contributed by atoms with Crippen molar-refractivity contribution >= 4 is 5.91 Å². The van der Waals surface area contributed by atoms with Gasteiger partial charge in [0.15, 0.2) is 6.10 Å². The molecule has 3 N–H and O–H groups in total. The first-order chi connectivity index (χ1) is 7.32. The highest BCUT2D eigenvalue weighted by atomic mass is 19.4. The molecule has 1 amide bonds. The molecule has 1 heterocycles. The Bertz CT molecular complexity index is 258. The average Bonchev–Trinajstić information content (AvgIpc) is 2.58. The molecule has 1 aliphatic heterocycles. The first-order valence-corrected chi connectivity index (χ1v) is 5.08. The summed E-state index contributed by atoms with van der Waals surface area (Å²) < 4.78 is 35.8. The van der Waals surface area contributed by atoms with Crippen LogP contribution in [0.4, 0.5) is 13.2 Å². The van der Waals surface area contributed by atoms with E-state index in [0.29, 0.717) is 6.54 Å². The highest BCUT2D eigenvalue weighted by Gasteiger charge is 2.39. The van der Waals surface area contributed by atoms with Gasteiger partial charge in [0.2, 0.25) is 5.91 Å². The second-order valence-electron chi connectivity index (χ2n) is 4.00. The number of aliphatic hydroxyl groups excluding tert-OH is 1. The molecular weight excluding hydrogens is 225 g/mol. The van der Waals surface area contributed by atoms with Crippen LogP contribution in [0.1, 0.15) is 13.3 Å². The Morgan fingerprint density at radius 3 is 2.69 bits per heavy atom. The number of hydrogen-bond acceptors (Lipinski definition) is 3. The molecule has 94 valence electrons. The van der Waals surface area contributed by atoms with Crippen LogP contribution in [0.5, 0.6) is 0 Å². The van der Waals surface area contributed by atoms with Crippen LogP contribution in [-0.2, 0) is 4.79 Å². The van der Waals surface area contributed by atoms with Crippen molar-refractivity contribution in [3.8, 4) is 0 Å². The molecule has 7 heteroatoms. The van der Waals surface area contributed by atoms with E-state index in [1.54, 1.807) is 0 Å². The lowest BCUT2D eigenvalue weighted by atomic mass is 10.0. The molecule has 3 unspecified atom stereocenters. The standard InChI is InChI=1S/C9H15F3N2O2/c1-5-2-3-13-7(5)8(16)14-4-6(15)9(10,11)12/h5-7,13,15H,2-4H2,1H3,(H,14,16). The predicted molar refractivity (Wildman–Crippen MR) is 50.6 cm³/mol. The first kappa shape index (κ1) is 13.2. The zero-order valence-electron chi connectivity index (χ0n) is 8.84. The Labute approximate surface area is 91.2 Å². The molecule has 0 aromatic heterocycles. The Kier molecular flexibility index (Phi) is 4.15. The summed E-state index contributed by atoms with van der Waals surface area (Å²) in [6, 6.07) is -0.458. The van der Waals surface area contributed by atoms with Gasteiger partial charge in [0.1, 0.15) is 0 Å². The summed E-state index contributed by atoms with van der Waals surface area (Å²) in [7, 11) is 0. The molecular formula is C9H15F3N2O2. The molecule has 0 saturated carbocycles. The van der Waals surface area contributed by atoms with E-state index in [-0.39, 0.29) is 5.92 Å². The molecule has 0 bridgehead atoms. The third-order valence-electron chi connectivity index (χ3n) is 2.66. The van der Waals surface area contributed by atoms with Gasteiger partial charge in [-0.15, -0.1) is 0 Å². The van der Waals surface area contributed by atoms with E-state index in [2.05, 4.69) is 10.6 Å². The summed E-state index contributed by atoms with van der Waals surface area (Å²) >= 11 is 0. The lowest BCUT2D eigenvalue weighted by molar-refractivity contribution is -0.201. The zero-order valence-corrected chi connectivity index (χ0v) is 8.84. The van der Waals surface area contributed by atoms with E-state index in [1.165, 1.54) is 0 Å². The van der Waals surface area contributed by atoms with Gasteiger partial charge in [0, 0.05) is 0 Å². The fourth-order valence-electron chi connectivity index (χ4n) is 1.61. The highest BCUT2D eigenvalue weighted by Crippen LogP contribution is 2.19. The second-order valence-corrected chi connectivity index (χ2v) is 4.00. The summed E-state index contributed by atoms with van der Waals surface area (Å²) in [5.41, 5.74) is 0. The SMILES string of the molecule is CC1CCNC1C(=O)NCC(O)C(F)(F)F. The van der Waals surface area contributed by atoms with E-state index in [4.69, 9.17) is 5.11 Å². The maximum Gasteiger partial charge on any atom is 0.416 e. The van der Waals surface area contributed by atoms with Crippen molar-refractivity contribution in [2.24, 2.45) is 5.92 Å². The van der Waals surface area contributed by atoms with Gasteiger partial charge in [0.05, 0.1) is 12.6 Å². The number of alkyl halides is 3. The summed E-state index contributed by atoms with van der Waals surface area (Å²) in [5, 5.41) is 13.7. The van der Waals surface area contributed by atoms with E-state index >= 15 is 0 Å². The quantitative estimate of drug-likeness (QED) is 0.652. The number of aliphatic hydroxyl groups is 1. The minimum absolute atomic E-state index is 0.100.